The number of hydrogen-bond acceptors (Lipinski definition) is 4. The van der Waals surface area contributed by atoms with Crippen LogP contribution < -0.4 is 5.73 Å². The zero-order valence-electron chi connectivity index (χ0n) is 11.4. The average Bonchev–Trinajstić information content (AvgIpc) is 2.37. The molecule has 0 unspecified atom stereocenters. The zero-order chi connectivity index (χ0) is 14.3. The fraction of sp³-hybridized carbons (Fsp3) is 0.538. The molecule has 0 aliphatic heterocycles. The first kappa shape index (κ1) is 15.9. The number of amidine groups is 1. The Kier molecular flexibility index (Phi) is 6.80. The Morgan fingerprint density at radius 3 is 2.79 bits per heavy atom. The van der Waals surface area contributed by atoms with E-state index in [1.165, 1.54) is 0 Å². The molecule has 0 radical (unpaired) electrons. The first-order chi connectivity index (χ1) is 9.01. The number of hydrogen-bond donors (Lipinski definition) is 2. The van der Waals surface area contributed by atoms with Gasteiger partial charge >= 0.3 is 0 Å². The lowest BCUT2D eigenvalue weighted by molar-refractivity contribution is 0.238. The van der Waals surface area contributed by atoms with Crippen molar-refractivity contribution in [1.82, 2.24) is 9.88 Å². The normalized spacial score (nSPS) is 12.4. The predicted molar refractivity (Wildman–Crippen MR) is 80.1 cm³/mol. The Morgan fingerprint density at radius 2 is 2.26 bits per heavy atom. The number of halogens is 1. The molecule has 0 amide bonds. The van der Waals surface area contributed by atoms with Gasteiger partial charge in [0.1, 0.15) is 5.84 Å². The minimum atomic E-state index is 0.262. The molecule has 0 saturated carbocycles. The van der Waals surface area contributed by atoms with E-state index in [0.717, 1.165) is 29.8 Å². The summed E-state index contributed by atoms with van der Waals surface area (Å²) < 4.78 is 0.975. The maximum absolute atomic E-state index is 8.58. The van der Waals surface area contributed by atoms with Gasteiger partial charge in [0.2, 0.25) is 0 Å². The van der Waals surface area contributed by atoms with Crippen molar-refractivity contribution in [2.45, 2.75) is 26.8 Å². The molecule has 0 aliphatic rings. The molecule has 19 heavy (non-hydrogen) atoms. The molecule has 1 aromatic rings. The third kappa shape index (κ3) is 6.54. The van der Waals surface area contributed by atoms with Gasteiger partial charge in [-0.2, -0.15) is 0 Å². The van der Waals surface area contributed by atoms with Crippen LogP contribution in [0.5, 0.6) is 0 Å². The second-order valence-corrected chi connectivity index (χ2v) is 5.85. The zero-order valence-corrected chi connectivity index (χ0v) is 13.0. The van der Waals surface area contributed by atoms with E-state index in [1.807, 2.05) is 12.1 Å². The molecule has 0 aromatic carbocycles. The SMILES string of the molecule is CC(C)CN(CC/C(N)=N/O)Cc1ccc(Br)cn1. The smallest absolute Gasteiger partial charge is 0.140 e. The molecule has 6 heteroatoms. The summed E-state index contributed by atoms with van der Waals surface area (Å²) >= 11 is 3.37. The Balaban J connectivity index is 2.60. The molecule has 0 atom stereocenters. The van der Waals surface area contributed by atoms with Crippen LogP contribution in [0.4, 0.5) is 0 Å². The van der Waals surface area contributed by atoms with Gasteiger partial charge in [-0.15, -0.1) is 0 Å². The van der Waals surface area contributed by atoms with Crippen LogP contribution in [0, 0.1) is 5.92 Å². The first-order valence-electron chi connectivity index (χ1n) is 6.30. The molecular formula is C13H21BrN4O. The van der Waals surface area contributed by atoms with Crippen molar-refractivity contribution >= 4 is 21.8 Å². The Labute approximate surface area is 122 Å². The van der Waals surface area contributed by atoms with Crippen molar-refractivity contribution in [2.75, 3.05) is 13.1 Å². The molecule has 1 rings (SSSR count). The summed E-state index contributed by atoms with van der Waals surface area (Å²) in [4.78, 5) is 6.64. The fourth-order valence-corrected chi connectivity index (χ4v) is 2.04. The molecule has 0 bridgehead atoms. The van der Waals surface area contributed by atoms with Gasteiger partial charge in [0, 0.05) is 36.7 Å². The predicted octanol–water partition coefficient (Wildman–Crippen LogP) is 2.44. The van der Waals surface area contributed by atoms with Gasteiger partial charge in [0.15, 0.2) is 0 Å². The largest absolute Gasteiger partial charge is 0.409 e. The van der Waals surface area contributed by atoms with E-state index >= 15 is 0 Å². The highest BCUT2D eigenvalue weighted by atomic mass is 79.9. The van der Waals surface area contributed by atoms with E-state index in [1.54, 1.807) is 6.20 Å². The number of oxime groups is 1. The quantitative estimate of drug-likeness (QED) is 0.349. The number of nitrogens with zero attached hydrogens (tertiary/aromatic N) is 3. The highest BCUT2D eigenvalue weighted by Crippen LogP contribution is 2.10. The van der Waals surface area contributed by atoms with Crippen molar-refractivity contribution < 1.29 is 5.21 Å². The summed E-state index contributed by atoms with van der Waals surface area (Å²) in [5.41, 5.74) is 6.53. The van der Waals surface area contributed by atoms with Gasteiger partial charge in [0.05, 0.1) is 5.69 Å². The molecule has 0 aliphatic carbocycles. The summed E-state index contributed by atoms with van der Waals surface area (Å²) in [6.07, 6.45) is 2.35. The van der Waals surface area contributed by atoms with Crippen LogP contribution in [0.2, 0.25) is 0 Å². The lowest BCUT2D eigenvalue weighted by atomic mass is 10.2. The standard InChI is InChI=1S/C13H21BrN4O/c1-10(2)8-18(6-5-13(15)17-19)9-12-4-3-11(14)7-16-12/h3-4,7,10,19H,5-6,8-9H2,1-2H3,(H2,15,17). The molecule has 106 valence electrons. The van der Waals surface area contributed by atoms with Crippen LogP contribution in [-0.2, 0) is 6.54 Å². The van der Waals surface area contributed by atoms with Gasteiger partial charge < -0.3 is 10.9 Å². The van der Waals surface area contributed by atoms with Crippen molar-refractivity contribution in [3.63, 3.8) is 0 Å². The molecule has 1 heterocycles. The molecule has 0 spiro atoms. The monoisotopic (exact) mass is 328 g/mol. The van der Waals surface area contributed by atoms with Gasteiger partial charge in [-0.25, -0.2) is 0 Å². The van der Waals surface area contributed by atoms with E-state index in [2.05, 4.69) is 44.8 Å². The van der Waals surface area contributed by atoms with Crippen LogP contribution in [0.25, 0.3) is 0 Å². The molecular weight excluding hydrogens is 308 g/mol. The van der Waals surface area contributed by atoms with E-state index in [4.69, 9.17) is 10.9 Å². The maximum atomic E-state index is 8.58. The second-order valence-electron chi connectivity index (χ2n) is 4.94. The van der Waals surface area contributed by atoms with E-state index in [-0.39, 0.29) is 5.84 Å². The van der Waals surface area contributed by atoms with Gasteiger partial charge in [-0.1, -0.05) is 19.0 Å². The summed E-state index contributed by atoms with van der Waals surface area (Å²) in [7, 11) is 0. The van der Waals surface area contributed by atoms with Crippen molar-refractivity contribution in [2.24, 2.45) is 16.8 Å². The highest BCUT2D eigenvalue weighted by Gasteiger charge is 2.10. The molecule has 5 nitrogen and oxygen atoms in total. The topological polar surface area (TPSA) is 74.7 Å². The Morgan fingerprint density at radius 1 is 1.53 bits per heavy atom. The van der Waals surface area contributed by atoms with Crippen LogP contribution in [0.1, 0.15) is 26.0 Å². The maximum Gasteiger partial charge on any atom is 0.140 e. The third-order valence-corrected chi connectivity index (χ3v) is 3.08. The minimum Gasteiger partial charge on any atom is -0.409 e. The van der Waals surface area contributed by atoms with Crippen LogP contribution >= 0.6 is 15.9 Å². The summed E-state index contributed by atoms with van der Waals surface area (Å²) in [5.74, 6) is 0.820. The summed E-state index contributed by atoms with van der Waals surface area (Å²) in [6, 6.07) is 3.99. The van der Waals surface area contributed by atoms with Crippen LogP contribution in [0.3, 0.4) is 0 Å². The molecule has 0 saturated heterocycles. The number of nitrogens with two attached hydrogens (primary N) is 1. The van der Waals surface area contributed by atoms with Crippen LogP contribution in [-0.4, -0.2) is 34.0 Å². The lowest BCUT2D eigenvalue weighted by Crippen LogP contribution is -2.31. The van der Waals surface area contributed by atoms with Crippen molar-refractivity contribution in [3.8, 4) is 0 Å². The molecule has 3 N–H and O–H groups in total. The summed E-state index contributed by atoms with van der Waals surface area (Å²) in [5, 5.41) is 11.6. The van der Waals surface area contributed by atoms with Gasteiger partial charge in [-0.05, 0) is 34.0 Å². The number of rotatable bonds is 7. The Bertz CT molecular complexity index is 406. The fourth-order valence-electron chi connectivity index (χ4n) is 1.80. The lowest BCUT2D eigenvalue weighted by Gasteiger charge is -2.23. The minimum absolute atomic E-state index is 0.262. The van der Waals surface area contributed by atoms with E-state index in [9.17, 15) is 0 Å². The first-order valence-corrected chi connectivity index (χ1v) is 7.09. The Hall–Kier alpha value is -1.14. The number of aromatic nitrogens is 1. The number of pyridine rings is 1. The average molecular weight is 329 g/mol. The third-order valence-electron chi connectivity index (χ3n) is 2.61. The highest BCUT2D eigenvalue weighted by molar-refractivity contribution is 9.10. The van der Waals surface area contributed by atoms with Crippen LogP contribution in [0.15, 0.2) is 28.0 Å². The summed E-state index contributed by atoms with van der Waals surface area (Å²) in [6.45, 7) is 6.82. The van der Waals surface area contributed by atoms with Crippen molar-refractivity contribution in [3.05, 3.63) is 28.5 Å². The van der Waals surface area contributed by atoms with Gasteiger partial charge in [-0.3, -0.25) is 9.88 Å². The molecule has 0 fully saturated rings. The van der Waals surface area contributed by atoms with Crippen molar-refractivity contribution in [1.29, 1.82) is 0 Å². The van der Waals surface area contributed by atoms with E-state index < -0.39 is 0 Å². The molecule has 1 aromatic heterocycles. The second kappa shape index (κ2) is 8.12. The van der Waals surface area contributed by atoms with E-state index in [0.29, 0.717) is 12.3 Å². The van der Waals surface area contributed by atoms with Gasteiger partial charge in [0.25, 0.3) is 0 Å².